The molecule has 4 aromatic rings. The van der Waals surface area contributed by atoms with Gasteiger partial charge in [-0.15, -0.1) is 0 Å². The van der Waals surface area contributed by atoms with Gasteiger partial charge in [0, 0.05) is 16.6 Å². The summed E-state index contributed by atoms with van der Waals surface area (Å²) < 4.78 is 0. The van der Waals surface area contributed by atoms with Crippen molar-refractivity contribution < 1.29 is 4.79 Å². The van der Waals surface area contributed by atoms with Gasteiger partial charge in [-0.3, -0.25) is 4.79 Å². The molecule has 0 spiro atoms. The molecule has 0 bridgehead atoms. The lowest BCUT2D eigenvalue weighted by atomic mass is 9.93. The minimum atomic E-state index is -0.0961. The molecule has 1 aromatic heterocycles. The Morgan fingerprint density at radius 1 is 0.935 bits per heavy atom. The molecule has 4 rings (SSSR count). The Morgan fingerprint density at radius 3 is 2.42 bits per heavy atom. The molecule has 0 saturated carbocycles. The van der Waals surface area contributed by atoms with Crippen LogP contribution in [0.5, 0.6) is 0 Å². The van der Waals surface area contributed by atoms with Crippen LogP contribution >= 0.6 is 0 Å². The fraction of sp³-hybridized carbons (Fsp3) is 0.214. The van der Waals surface area contributed by atoms with Crippen LogP contribution < -0.4 is 5.32 Å². The van der Waals surface area contributed by atoms with Gasteiger partial charge >= 0.3 is 0 Å². The summed E-state index contributed by atoms with van der Waals surface area (Å²) in [7, 11) is 0. The standard InChI is InChI=1S/C28H28N2O/c1-4-19(3)22-16-11-14-20(5-2)27(22)30-28(31)24-18-26(21-12-7-6-8-13-21)29-25-17-10-9-15-23(24)25/h6-19H,4-5H2,1-3H3,(H,30,31). The lowest BCUT2D eigenvalue weighted by Crippen LogP contribution is -2.16. The number of anilines is 1. The van der Waals surface area contributed by atoms with E-state index in [1.807, 2.05) is 60.7 Å². The van der Waals surface area contributed by atoms with Crippen LogP contribution in [0.15, 0.2) is 78.9 Å². The van der Waals surface area contributed by atoms with E-state index in [1.165, 1.54) is 5.56 Å². The van der Waals surface area contributed by atoms with Gasteiger partial charge in [0.15, 0.2) is 0 Å². The normalized spacial score (nSPS) is 12.0. The minimum Gasteiger partial charge on any atom is -0.321 e. The fourth-order valence-corrected chi connectivity index (χ4v) is 4.00. The van der Waals surface area contributed by atoms with Crippen LogP contribution in [0.3, 0.4) is 0 Å². The number of nitrogens with one attached hydrogen (secondary N) is 1. The van der Waals surface area contributed by atoms with Gasteiger partial charge in [-0.1, -0.05) is 87.5 Å². The summed E-state index contributed by atoms with van der Waals surface area (Å²) in [6.45, 7) is 6.51. The molecule has 1 atom stereocenters. The SMILES string of the molecule is CCc1cccc(C(C)CC)c1NC(=O)c1cc(-c2ccccc2)nc2ccccc12. The van der Waals surface area contributed by atoms with E-state index in [4.69, 9.17) is 4.98 Å². The van der Waals surface area contributed by atoms with E-state index >= 15 is 0 Å². The number of hydrogen-bond donors (Lipinski definition) is 1. The van der Waals surface area contributed by atoms with Crippen LogP contribution in [0.4, 0.5) is 5.69 Å². The maximum absolute atomic E-state index is 13.6. The summed E-state index contributed by atoms with van der Waals surface area (Å²) in [5, 5.41) is 4.13. The monoisotopic (exact) mass is 408 g/mol. The minimum absolute atomic E-state index is 0.0961. The van der Waals surface area contributed by atoms with Crippen molar-refractivity contribution in [3.8, 4) is 11.3 Å². The van der Waals surface area contributed by atoms with Crippen molar-refractivity contribution in [1.82, 2.24) is 4.98 Å². The van der Waals surface area contributed by atoms with E-state index in [9.17, 15) is 4.79 Å². The molecule has 0 aliphatic rings. The van der Waals surface area contributed by atoms with Crippen molar-refractivity contribution in [2.24, 2.45) is 0 Å². The number of hydrogen-bond acceptors (Lipinski definition) is 2. The van der Waals surface area contributed by atoms with Gasteiger partial charge in [-0.25, -0.2) is 4.98 Å². The quantitative estimate of drug-likeness (QED) is 0.366. The zero-order chi connectivity index (χ0) is 21.8. The summed E-state index contributed by atoms with van der Waals surface area (Å²) in [4.78, 5) is 18.4. The van der Waals surface area contributed by atoms with Crippen LogP contribution in [-0.2, 0) is 6.42 Å². The van der Waals surface area contributed by atoms with Crippen molar-refractivity contribution in [2.45, 2.75) is 39.5 Å². The molecule has 1 unspecified atom stereocenters. The molecule has 0 fully saturated rings. The molecule has 0 aliphatic carbocycles. The van der Waals surface area contributed by atoms with Gasteiger partial charge in [-0.2, -0.15) is 0 Å². The zero-order valence-corrected chi connectivity index (χ0v) is 18.4. The summed E-state index contributed by atoms with van der Waals surface area (Å²) in [6.07, 6.45) is 1.89. The molecule has 1 amide bonds. The fourth-order valence-electron chi connectivity index (χ4n) is 4.00. The predicted octanol–water partition coefficient (Wildman–Crippen LogP) is 7.23. The smallest absolute Gasteiger partial charge is 0.256 e. The van der Waals surface area contributed by atoms with Crippen molar-refractivity contribution in [3.05, 3.63) is 95.6 Å². The second-order valence-electron chi connectivity index (χ2n) is 7.94. The lowest BCUT2D eigenvalue weighted by molar-refractivity contribution is 0.102. The molecule has 0 saturated heterocycles. The predicted molar refractivity (Wildman–Crippen MR) is 130 cm³/mol. The largest absolute Gasteiger partial charge is 0.321 e. The third-order valence-electron chi connectivity index (χ3n) is 5.98. The number of benzene rings is 3. The van der Waals surface area contributed by atoms with Crippen LogP contribution in [0, 0.1) is 0 Å². The Balaban J connectivity index is 1.82. The second kappa shape index (κ2) is 9.13. The summed E-state index contributed by atoms with van der Waals surface area (Å²) in [5.41, 5.74) is 6.56. The number of amides is 1. The van der Waals surface area contributed by atoms with Gasteiger partial charge in [-0.05, 0) is 42.0 Å². The Kier molecular flexibility index (Phi) is 6.13. The maximum Gasteiger partial charge on any atom is 0.256 e. The number of para-hydroxylation sites is 2. The first-order valence-corrected chi connectivity index (χ1v) is 11.0. The Labute approximate surface area is 184 Å². The van der Waals surface area contributed by atoms with Crippen LogP contribution in [0.2, 0.25) is 0 Å². The number of pyridine rings is 1. The van der Waals surface area contributed by atoms with Crippen molar-refractivity contribution >= 4 is 22.5 Å². The molecule has 0 aliphatic heterocycles. The first-order chi connectivity index (χ1) is 15.1. The van der Waals surface area contributed by atoms with E-state index in [2.05, 4.69) is 44.3 Å². The summed E-state index contributed by atoms with van der Waals surface area (Å²) in [6, 6.07) is 26.1. The molecule has 3 aromatic carbocycles. The molecule has 3 heteroatoms. The molecule has 31 heavy (non-hydrogen) atoms. The second-order valence-corrected chi connectivity index (χ2v) is 7.94. The van der Waals surface area contributed by atoms with E-state index in [-0.39, 0.29) is 5.91 Å². The van der Waals surface area contributed by atoms with Crippen molar-refractivity contribution in [3.63, 3.8) is 0 Å². The Bertz CT molecular complexity index is 1210. The van der Waals surface area contributed by atoms with E-state index in [0.29, 0.717) is 11.5 Å². The number of carbonyl (C=O) groups is 1. The third-order valence-corrected chi connectivity index (χ3v) is 5.98. The molecule has 1 heterocycles. The first kappa shape index (κ1) is 20.8. The number of fused-ring (bicyclic) bond motifs is 1. The molecule has 0 radical (unpaired) electrons. The third kappa shape index (κ3) is 4.22. The first-order valence-electron chi connectivity index (χ1n) is 11.0. The molecular formula is C28H28N2O. The highest BCUT2D eigenvalue weighted by molar-refractivity contribution is 6.13. The summed E-state index contributed by atoms with van der Waals surface area (Å²) in [5.74, 6) is 0.275. The average molecular weight is 409 g/mol. The topological polar surface area (TPSA) is 42.0 Å². The average Bonchev–Trinajstić information content (AvgIpc) is 2.83. The van der Waals surface area contributed by atoms with Gasteiger partial charge in [0.25, 0.3) is 5.91 Å². The molecule has 3 nitrogen and oxygen atoms in total. The van der Waals surface area contributed by atoms with Crippen LogP contribution in [0.25, 0.3) is 22.2 Å². The highest BCUT2D eigenvalue weighted by Crippen LogP contribution is 2.32. The molecular weight excluding hydrogens is 380 g/mol. The number of nitrogens with zero attached hydrogens (tertiary/aromatic N) is 1. The Hall–Kier alpha value is -3.46. The van der Waals surface area contributed by atoms with E-state index in [0.717, 1.165) is 46.3 Å². The summed E-state index contributed by atoms with van der Waals surface area (Å²) >= 11 is 0. The van der Waals surface area contributed by atoms with Gasteiger partial charge in [0.2, 0.25) is 0 Å². The lowest BCUT2D eigenvalue weighted by Gasteiger charge is -2.19. The number of aromatic nitrogens is 1. The molecule has 156 valence electrons. The number of rotatable bonds is 6. The van der Waals surface area contributed by atoms with E-state index in [1.54, 1.807) is 0 Å². The van der Waals surface area contributed by atoms with Gasteiger partial charge in [0.1, 0.15) is 0 Å². The highest BCUT2D eigenvalue weighted by Gasteiger charge is 2.18. The van der Waals surface area contributed by atoms with Crippen LogP contribution in [0.1, 0.15) is 54.6 Å². The molecule has 1 N–H and O–H groups in total. The maximum atomic E-state index is 13.6. The van der Waals surface area contributed by atoms with Crippen molar-refractivity contribution in [2.75, 3.05) is 5.32 Å². The number of carbonyl (C=O) groups excluding carboxylic acids is 1. The number of aryl methyl sites for hydroxylation is 1. The van der Waals surface area contributed by atoms with Gasteiger partial charge in [0.05, 0.1) is 16.8 Å². The van der Waals surface area contributed by atoms with Crippen molar-refractivity contribution in [1.29, 1.82) is 0 Å². The highest BCUT2D eigenvalue weighted by atomic mass is 16.1. The Morgan fingerprint density at radius 2 is 1.68 bits per heavy atom. The van der Waals surface area contributed by atoms with Gasteiger partial charge < -0.3 is 5.32 Å². The van der Waals surface area contributed by atoms with E-state index < -0.39 is 0 Å². The zero-order valence-electron chi connectivity index (χ0n) is 18.4. The van der Waals surface area contributed by atoms with Crippen LogP contribution in [-0.4, -0.2) is 10.9 Å².